The molecule has 1 aliphatic heterocycles. The molecule has 130 valence electrons. The molecule has 1 amide bonds. The lowest BCUT2D eigenvalue weighted by atomic mass is 9.92. The monoisotopic (exact) mass is 329 g/mol. The Morgan fingerprint density at radius 2 is 2.29 bits per heavy atom. The molecule has 0 saturated carbocycles. The van der Waals surface area contributed by atoms with Crippen molar-refractivity contribution < 1.29 is 4.79 Å². The number of carbonyl (C=O) groups excluding carboxylic acids is 1. The van der Waals surface area contributed by atoms with E-state index < -0.39 is 0 Å². The van der Waals surface area contributed by atoms with E-state index in [0.29, 0.717) is 6.04 Å². The van der Waals surface area contributed by atoms with Gasteiger partial charge in [-0.05, 0) is 32.3 Å². The van der Waals surface area contributed by atoms with Crippen molar-refractivity contribution in [2.75, 3.05) is 13.1 Å². The van der Waals surface area contributed by atoms with Gasteiger partial charge in [-0.1, -0.05) is 13.3 Å². The van der Waals surface area contributed by atoms with E-state index in [2.05, 4.69) is 34.0 Å². The number of hydrogen-bond acceptors (Lipinski definition) is 4. The number of amides is 1. The molecule has 0 aliphatic carbocycles. The zero-order valence-corrected chi connectivity index (χ0v) is 14.6. The molecule has 2 atom stereocenters. The van der Waals surface area contributed by atoms with Gasteiger partial charge in [0.1, 0.15) is 0 Å². The van der Waals surface area contributed by atoms with Gasteiger partial charge in [0, 0.05) is 44.3 Å². The van der Waals surface area contributed by atoms with Crippen LogP contribution in [0.1, 0.15) is 45.2 Å². The third kappa shape index (κ3) is 3.93. The second-order valence-corrected chi connectivity index (χ2v) is 6.76. The number of nitrogens with one attached hydrogen (secondary N) is 1. The van der Waals surface area contributed by atoms with Crippen molar-refractivity contribution >= 4 is 11.7 Å². The molecule has 0 aromatic carbocycles. The second kappa shape index (κ2) is 7.75. The standard InChI is InChI=1S/C18H27N5O/c1-3-4-8-19-17(24)15-7-6-14(2)23(11-15)13-16-12-22-10-5-9-20-18(22)21-16/h5,9-10,12,14-15H,3-4,6-8,11,13H2,1-2H3,(H,19,24)/t14-,15-/m0/s1. The number of imidazole rings is 1. The predicted octanol–water partition coefficient (Wildman–Crippen LogP) is 2.25. The molecule has 1 fully saturated rings. The molecule has 6 heteroatoms. The van der Waals surface area contributed by atoms with Crippen molar-refractivity contribution in [2.24, 2.45) is 5.92 Å². The molecule has 2 aromatic rings. The largest absolute Gasteiger partial charge is 0.356 e. The van der Waals surface area contributed by atoms with Crippen LogP contribution in [0.5, 0.6) is 0 Å². The second-order valence-electron chi connectivity index (χ2n) is 6.76. The number of piperidine rings is 1. The molecule has 2 aromatic heterocycles. The van der Waals surface area contributed by atoms with Crippen molar-refractivity contribution in [1.82, 2.24) is 24.6 Å². The molecular weight excluding hydrogens is 302 g/mol. The number of aromatic nitrogens is 3. The van der Waals surface area contributed by atoms with E-state index in [1.54, 1.807) is 6.20 Å². The van der Waals surface area contributed by atoms with Gasteiger partial charge in [-0.3, -0.25) is 14.1 Å². The molecule has 24 heavy (non-hydrogen) atoms. The van der Waals surface area contributed by atoms with E-state index in [4.69, 9.17) is 0 Å². The zero-order valence-electron chi connectivity index (χ0n) is 14.6. The van der Waals surface area contributed by atoms with Gasteiger partial charge in [0.05, 0.1) is 11.6 Å². The highest BCUT2D eigenvalue weighted by atomic mass is 16.1. The first-order valence-corrected chi connectivity index (χ1v) is 8.97. The van der Waals surface area contributed by atoms with Crippen LogP contribution in [-0.2, 0) is 11.3 Å². The van der Waals surface area contributed by atoms with Crippen LogP contribution < -0.4 is 5.32 Å². The molecular formula is C18H27N5O. The fourth-order valence-electron chi connectivity index (χ4n) is 3.31. The van der Waals surface area contributed by atoms with Crippen LogP contribution in [0, 0.1) is 5.92 Å². The summed E-state index contributed by atoms with van der Waals surface area (Å²) in [5.41, 5.74) is 1.01. The number of likely N-dealkylation sites (tertiary alicyclic amines) is 1. The minimum Gasteiger partial charge on any atom is -0.356 e. The number of carbonyl (C=O) groups is 1. The fourth-order valence-corrected chi connectivity index (χ4v) is 3.31. The smallest absolute Gasteiger partial charge is 0.233 e. The number of hydrogen-bond donors (Lipinski definition) is 1. The number of unbranched alkanes of at least 4 members (excludes halogenated alkanes) is 1. The van der Waals surface area contributed by atoms with E-state index >= 15 is 0 Å². The van der Waals surface area contributed by atoms with Gasteiger partial charge in [0.2, 0.25) is 11.7 Å². The highest BCUT2D eigenvalue weighted by Gasteiger charge is 2.30. The van der Waals surface area contributed by atoms with E-state index in [1.165, 1.54) is 0 Å². The molecule has 1 aliphatic rings. The summed E-state index contributed by atoms with van der Waals surface area (Å²) in [5, 5.41) is 3.08. The van der Waals surface area contributed by atoms with E-state index in [1.807, 2.05) is 22.9 Å². The lowest BCUT2D eigenvalue weighted by molar-refractivity contribution is -0.127. The summed E-state index contributed by atoms with van der Waals surface area (Å²) in [6.45, 7) is 6.74. The van der Waals surface area contributed by atoms with Gasteiger partial charge < -0.3 is 5.32 Å². The summed E-state index contributed by atoms with van der Waals surface area (Å²) in [6, 6.07) is 2.38. The van der Waals surface area contributed by atoms with Gasteiger partial charge in [0.25, 0.3) is 0 Å². The molecule has 1 N–H and O–H groups in total. The van der Waals surface area contributed by atoms with Crippen molar-refractivity contribution in [3.05, 3.63) is 30.4 Å². The number of nitrogens with zero attached hydrogens (tertiary/aromatic N) is 4. The Hall–Kier alpha value is -1.95. The Balaban J connectivity index is 1.62. The van der Waals surface area contributed by atoms with Gasteiger partial charge >= 0.3 is 0 Å². The predicted molar refractivity (Wildman–Crippen MR) is 93.5 cm³/mol. The van der Waals surface area contributed by atoms with Crippen molar-refractivity contribution in [3.8, 4) is 0 Å². The van der Waals surface area contributed by atoms with Gasteiger partial charge in [0.15, 0.2) is 0 Å². The maximum atomic E-state index is 12.4. The number of rotatable bonds is 6. The molecule has 6 nitrogen and oxygen atoms in total. The average Bonchev–Trinajstić information content (AvgIpc) is 2.99. The third-order valence-corrected chi connectivity index (χ3v) is 4.86. The SMILES string of the molecule is CCCCNC(=O)[C@H]1CC[C@H](C)N(Cc2cn3cccnc3n2)C1. The van der Waals surface area contributed by atoms with Gasteiger partial charge in [-0.15, -0.1) is 0 Å². The minimum atomic E-state index is 0.0909. The zero-order chi connectivity index (χ0) is 16.9. The molecule has 3 rings (SSSR count). The van der Waals surface area contributed by atoms with Crippen LogP contribution in [0.3, 0.4) is 0 Å². The van der Waals surface area contributed by atoms with Crippen LogP contribution in [0.4, 0.5) is 0 Å². The summed E-state index contributed by atoms with van der Waals surface area (Å²) in [6.07, 6.45) is 9.93. The van der Waals surface area contributed by atoms with Crippen LogP contribution in [0.15, 0.2) is 24.7 Å². The summed E-state index contributed by atoms with van der Waals surface area (Å²) in [4.78, 5) is 23.6. The summed E-state index contributed by atoms with van der Waals surface area (Å²) in [5.74, 6) is 1.02. The molecule has 0 radical (unpaired) electrons. The summed E-state index contributed by atoms with van der Waals surface area (Å²) < 4.78 is 1.94. The first kappa shape index (κ1) is 16.9. The van der Waals surface area contributed by atoms with Crippen LogP contribution in [0.2, 0.25) is 0 Å². The van der Waals surface area contributed by atoms with Crippen molar-refractivity contribution in [2.45, 2.75) is 52.1 Å². The fraction of sp³-hybridized carbons (Fsp3) is 0.611. The lowest BCUT2D eigenvalue weighted by Gasteiger charge is -2.36. The lowest BCUT2D eigenvalue weighted by Crippen LogP contribution is -2.46. The quantitative estimate of drug-likeness (QED) is 0.826. The Morgan fingerprint density at radius 1 is 1.42 bits per heavy atom. The highest BCUT2D eigenvalue weighted by molar-refractivity contribution is 5.78. The van der Waals surface area contributed by atoms with Crippen LogP contribution >= 0.6 is 0 Å². The Bertz CT molecular complexity index is 650. The van der Waals surface area contributed by atoms with E-state index in [0.717, 1.165) is 56.8 Å². The first-order chi connectivity index (χ1) is 11.7. The molecule has 1 saturated heterocycles. The topological polar surface area (TPSA) is 62.5 Å². The Kier molecular flexibility index (Phi) is 5.45. The van der Waals surface area contributed by atoms with Crippen molar-refractivity contribution in [1.29, 1.82) is 0 Å². The third-order valence-electron chi connectivity index (χ3n) is 4.86. The molecule has 3 heterocycles. The Labute approximate surface area is 143 Å². The van der Waals surface area contributed by atoms with E-state index in [-0.39, 0.29) is 11.8 Å². The minimum absolute atomic E-state index is 0.0909. The first-order valence-electron chi connectivity index (χ1n) is 8.97. The molecule has 0 spiro atoms. The van der Waals surface area contributed by atoms with Crippen LogP contribution in [-0.4, -0.2) is 44.3 Å². The van der Waals surface area contributed by atoms with Crippen molar-refractivity contribution in [3.63, 3.8) is 0 Å². The van der Waals surface area contributed by atoms with E-state index in [9.17, 15) is 4.79 Å². The maximum absolute atomic E-state index is 12.4. The summed E-state index contributed by atoms with van der Waals surface area (Å²) >= 11 is 0. The Morgan fingerprint density at radius 3 is 3.08 bits per heavy atom. The summed E-state index contributed by atoms with van der Waals surface area (Å²) in [7, 11) is 0. The van der Waals surface area contributed by atoms with Gasteiger partial charge in [-0.25, -0.2) is 9.97 Å². The molecule has 0 bridgehead atoms. The normalized spacial score (nSPS) is 21.9. The number of fused-ring (bicyclic) bond motifs is 1. The maximum Gasteiger partial charge on any atom is 0.233 e. The highest BCUT2D eigenvalue weighted by Crippen LogP contribution is 2.23. The molecule has 0 unspecified atom stereocenters. The van der Waals surface area contributed by atoms with Crippen LogP contribution in [0.25, 0.3) is 5.78 Å². The average molecular weight is 329 g/mol. The van der Waals surface area contributed by atoms with Gasteiger partial charge in [-0.2, -0.15) is 0 Å².